The molecule has 1 heterocycles. The molecule has 1 aromatic rings. The van der Waals surface area contributed by atoms with Crippen LogP contribution in [-0.2, 0) is 21.4 Å². The van der Waals surface area contributed by atoms with Gasteiger partial charge in [-0.25, -0.2) is 12.7 Å². The first-order valence-electron chi connectivity index (χ1n) is 5.08. The van der Waals surface area contributed by atoms with Gasteiger partial charge in [0.25, 0.3) is 0 Å². The summed E-state index contributed by atoms with van der Waals surface area (Å²) < 4.78 is 24.1. The normalized spacial score (nSPS) is 19.1. The molecule has 5 heteroatoms. The topological polar surface area (TPSA) is 54.5 Å². The van der Waals surface area contributed by atoms with Crippen molar-refractivity contribution in [3.63, 3.8) is 0 Å². The number of hydrogen-bond donors (Lipinski definition) is 0. The van der Waals surface area contributed by atoms with Crippen molar-refractivity contribution in [2.24, 2.45) is 0 Å². The molecule has 16 heavy (non-hydrogen) atoms. The summed E-state index contributed by atoms with van der Waals surface area (Å²) in [5.41, 5.74) is 1.95. The van der Waals surface area contributed by atoms with Gasteiger partial charge in [-0.05, 0) is 12.5 Å². The molecule has 2 rings (SSSR count). The van der Waals surface area contributed by atoms with Crippen molar-refractivity contribution in [1.29, 1.82) is 0 Å². The maximum absolute atomic E-state index is 11.5. The predicted octanol–water partition coefficient (Wildman–Crippen LogP) is 1.06. The third-order valence-electron chi connectivity index (χ3n) is 2.63. The Balaban J connectivity index is 2.21. The molecule has 0 N–H and O–H groups in total. The SMILES string of the molecule is Cc1ccc(CN2C(=O)CCS2(=O)=O)cc1. The lowest BCUT2D eigenvalue weighted by Gasteiger charge is -2.14. The molecule has 1 saturated heterocycles. The second-order valence-corrected chi connectivity index (χ2v) is 5.96. The van der Waals surface area contributed by atoms with Gasteiger partial charge >= 0.3 is 0 Å². The molecular formula is C11H13NO3S. The summed E-state index contributed by atoms with van der Waals surface area (Å²) in [6.45, 7) is 2.11. The summed E-state index contributed by atoms with van der Waals surface area (Å²) in [7, 11) is -3.36. The minimum absolute atomic E-state index is 0.0578. The Labute approximate surface area is 94.9 Å². The van der Waals surface area contributed by atoms with Crippen LogP contribution in [0.1, 0.15) is 17.5 Å². The monoisotopic (exact) mass is 239 g/mol. The molecule has 0 spiro atoms. The van der Waals surface area contributed by atoms with Gasteiger partial charge in [0.05, 0.1) is 12.3 Å². The second-order valence-electron chi connectivity index (χ2n) is 3.95. The van der Waals surface area contributed by atoms with Crippen molar-refractivity contribution in [1.82, 2.24) is 4.31 Å². The summed E-state index contributed by atoms with van der Waals surface area (Å²) in [5.74, 6) is -0.363. The minimum atomic E-state index is -3.36. The molecule has 1 aromatic carbocycles. The van der Waals surface area contributed by atoms with E-state index in [0.29, 0.717) is 0 Å². The van der Waals surface area contributed by atoms with Crippen LogP contribution in [0, 0.1) is 6.92 Å². The van der Waals surface area contributed by atoms with Gasteiger partial charge in [0.1, 0.15) is 0 Å². The van der Waals surface area contributed by atoms with Gasteiger partial charge in [0.2, 0.25) is 15.9 Å². The van der Waals surface area contributed by atoms with E-state index in [1.165, 1.54) is 0 Å². The third-order valence-corrected chi connectivity index (χ3v) is 4.36. The van der Waals surface area contributed by atoms with Gasteiger partial charge in [-0.3, -0.25) is 4.79 Å². The number of rotatable bonds is 2. The molecule has 0 unspecified atom stereocenters. The van der Waals surface area contributed by atoms with Crippen molar-refractivity contribution >= 4 is 15.9 Å². The first-order valence-corrected chi connectivity index (χ1v) is 6.69. The van der Waals surface area contributed by atoms with Crippen LogP contribution in [0.15, 0.2) is 24.3 Å². The summed E-state index contributed by atoms with van der Waals surface area (Å²) >= 11 is 0. The quantitative estimate of drug-likeness (QED) is 0.775. The van der Waals surface area contributed by atoms with E-state index < -0.39 is 10.0 Å². The van der Waals surface area contributed by atoms with Gasteiger partial charge in [0, 0.05) is 6.42 Å². The summed E-state index contributed by atoms with van der Waals surface area (Å²) in [4.78, 5) is 11.4. The van der Waals surface area contributed by atoms with Gasteiger partial charge in [-0.2, -0.15) is 0 Å². The zero-order valence-electron chi connectivity index (χ0n) is 9.01. The van der Waals surface area contributed by atoms with Crippen LogP contribution in [0.5, 0.6) is 0 Å². The Bertz CT molecular complexity index is 505. The molecule has 86 valence electrons. The number of aryl methyl sites for hydroxylation is 1. The molecule has 4 nitrogen and oxygen atoms in total. The molecule has 0 aromatic heterocycles. The van der Waals surface area contributed by atoms with Crippen LogP contribution >= 0.6 is 0 Å². The number of hydrogen-bond acceptors (Lipinski definition) is 3. The maximum Gasteiger partial charge on any atom is 0.238 e. The molecule has 0 radical (unpaired) electrons. The van der Waals surface area contributed by atoms with Crippen molar-refractivity contribution < 1.29 is 13.2 Å². The van der Waals surface area contributed by atoms with Crippen LogP contribution in [-0.4, -0.2) is 24.4 Å². The van der Waals surface area contributed by atoms with E-state index in [-0.39, 0.29) is 24.6 Å². The number of benzene rings is 1. The highest BCUT2D eigenvalue weighted by Crippen LogP contribution is 2.18. The summed E-state index contributed by atoms with van der Waals surface area (Å²) in [6, 6.07) is 7.50. The Morgan fingerprint density at radius 3 is 2.38 bits per heavy atom. The standard InChI is InChI=1S/C11H13NO3S/c1-9-2-4-10(5-3-9)8-12-11(13)6-7-16(12,14)15/h2-5H,6-8H2,1H3. The third kappa shape index (κ3) is 2.09. The van der Waals surface area contributed by atoms with Gasteiger partial charge in [-0.15, -0.1) is 0 Å². The second kappa shape index (κ2) is 3.90. The average Bonchev–Trinajstić information content (AvgIpc) is 2.48. The molecule has 1 amide bonds. The van der Waals surface area contributed by atoms with Crippen LogP contribution in [0.3, 0.4) is 0 Å². The zero-order chi connectivity index (χ0) is 11.8. The molecule has 0 saturated carbocycles. The Morgan fingerprint density at radius 1 is 1.25 bits per heavy atom. The fraction of sp³-hybridized carbons (Fsp3) is 0.364. The number of carbonyl (C=O) groups is 1. The molecule has 0 atom stereocenters. The number of nitrogens with zero attached hydrogens (tertiary/aromatic N) is 1. The fourth-order valence-electron chi connectivity index (χ4n) is 1.65. The Morgan fingerprint density at radius 2 is 1.88 bits per heavy atom. The van der Waals surface area contributed by atoms with Crippen molar-refractivity contribution in [3.05, 3.63) is 35.4 Å². The number of sulfonamides is 1. The highest BCUT2D eigenvalue weighted by molar-refractivity contribution is 7.90. The van der Waals surface area contributed by atoms with E-state index in [1.54, 1.807) is 0 Å². The van der Waals surface area contributed by atoms with Gasteiger partial charge in [0.15, 0.2) is 0 Å². The van der Waals surface area contributed by atoms with Gasteiger partial charge < -0.3 is 0 Å². The average molecular weight is 239 g/mol. The van der Waals surface area contributed by atoms with Crippen LogP contribution in [0.2, 0.25) is 0 Å². The molecule has 1 aliphatic heterocycles. The predicted molar refractivity (Wildman–Crippen MR) is 60.1 cm³/mol. The minimum Gasteiger partial charge on any atom is -0.274 e. The van der Waals surface area contributed by atoms with E-state index in [0.717, 1.165) is 15.4 Å². The fourth-order valence-corrected chi connectivity index (χ4v) is 3.05. The van der Waals surface area contributed by atoms with E-state index in [1.807, 2.05) is 31.2 Å². The molecule has 1 aliphatic rings. The van der Waals surface area contributed by atoms with E-state index in [9.17, 15) is 13.2 Å². The van der Waals surface area contributed by atoms with E-state index in [4.69, 9.17) is 0 Å². The lowest BCUT2D eigenvalue weighted by Crippen LogP contribution is -2.28. The largest absolute Gasteiger partial charge is 0.274 e. The lowest BCUT2D eigenvalue weighted by molar-refractivity contribution is -0.125. The molecular weight excluding hydrogens is 226 g/mol. The van der Waals surface area contributed by atoms with Gasteiger partial charge in [-0.1, -0.05) is 29.8 Å². The zero-order valence-corrected chi connectivity index (χ0v) is 9.83. The highest BCUT2D eigenvalue weighted by atomic mass is 32.2. The number of amides is 1. The first-order chi connectivity index (χ1) is 7.49. The van der Waals surface area contributed by atoms with E-state index in [2.05, 4.69) is 0 Å². The van der Waals surface area contributed by atoms with Crippen molar-refractivity contribution in [2.45, 2.75) is 19.9 Å². The summed E-state index contributed by atoms with van der Waals surface area (Å²) in [6.07, 6.45) is 0.105. The smallest absolute Gasteiger partial charge is 0.238 e. The van der Waals surface area contributed by atoms with Crippen LogP contribution in [0.25, 0.3) is 0 Å². The molecule has 1 fully saturated rings. The summed E-state index contributed by atoms with van der Waals surface area (Å²) in [5, 5.41) is 0. The van der Waals surface area contributed by atoms with E-state index >= 15 is 0 Å². The lowest BCUT2D eigenvalue weighted by atomic mass is 10.1. The van der Waals surface area contributed by atoms with Crippen LogP contribution in [0.4, 0.5) is 0 Å². The maximum atomic E-state index is 11.5. The van der Waals surface area contributed by atoms with Crippen molar-refractivity contribution in [2.75, 3.05) is 5.75 Å². The molecule has 0 aliphatic carbocycles. The molecule has 0 bridgehead atoms. The first kappa shape index (κ1) is 11.1. The Hall–Kier alpha value is -1.36. The van der Waals surface area contributed by atoms with Crippen LogP contribution < -0.4 is 0 Å². The Kier molecular flexibility index (Phi) is 2.71. The highest BCUT2D eigenvalue weighted by Gasteiger charge is 2.34. The van der Waals surface area contributed by atoms with Crippen molar-refractivity contribution in [3.8, 4) is 0 Å². The number of carbonyl (C=O) groups excluding carboxylic acids is 1.